The third kappa shape index (κ3) is 2.32. The molecule has 1 saturated heterocycles. The van der Waals surface area contributed by atoms with E-state index in [4.69, 9.17) is 5.73 Å². The summed E-state index contributed by atoms with van der Waals surface area (Å²) >= 11 is 1.88. The van der Waals surface area contributed by atoms with Crippen LogP contribution in [-0.2, 0) is 0 Å². The first-order valence-corrected chi connectivity index (χ1v) is 6.57. The Balaban J connectivity index is 2.11. The molecule has 1 heterocycles. The number of anilines is 1. The number of para-hydroxylation sites is 1. The van der Waals surface area contributed by atoms with E-state index in [9.17, 15) is 4.79 Å². The number of rotatable bonds is 2. The van der Waals surface area contributed by atoms with E-state index in [-0.39, 0.29) is 5.91 Å². The molecule has 4 heteroatoms. The predicted octanol–water partition coefficient (Wildman–Crippen LogP) is 1.81. The average Bonchev–Trinajstić information content (AvgIpc) is 2.74. The highest BCUT2D eigenvalue weighted by atomic mass is 32.2. The standard InChI is InChI=1S/C12H16N2OS/c1-8-3-2-4-10(11(8)13)12(15)14-9-5-6-16-7-9/h2-4,9H,5-7,13H2,1H3,(H,14,15). The summed E-state index contributed by atoms with van der Waals surface area (Å²) in [5, 5.41) is 3.02. The van der Waals surface area contributed by atoms with E-state index in [1.165, 1.54) is 0 Å². The van der Waals surface area contributed by atoms with Gasteiger partial charge in [0.05, 0.1) is 5.56 Å². The molecule has 86 valence electrons. The Morgan fingerprint density at radius 2 is 2.38 bits per heavy atom. The lowest BCUT2D eigenvalue weighted by atomic mass is 10.1. The van der Waals surface area contributed by atoms with Crippen LogP contribution in [0.1, 0.15) is 22.3 Å². The van der Waals surface area contributed by atoms with Crippen LogP contribution < -0.4 is 11.1 Å². The molecule has 0 saturated carbocycles. The molecule has 0 spiro atoms. The highest BCUT2D eigenvalue weighted by Gasteiger charge is 2.19. The molecule has 3 nitrogen and oxygen atoms in total. The second-order valence-corrected chi connectivity index (χ2v) is 5.22. The highest BCUT2D eigenvalue weighted by Crippen LogP contribution is 2.20. The van der Waals surface area contributed by atoms with Gasteiger partial charge < -0.3 is 11.1 Å². The zero-order valence-electron chi connectivity index (χ0n) is 9.32. The van der Waals surface area contributed by atoms with Crippen LogP contribution >= 0.6 is 11.8 Å². The number of hydrogen-bond acceptors (Lipinski definition) is 3. The van der Waals surface area contributed by atoms with Crippen molar-refractivity contribution in [2.24, 2.45) is 0 Å². The van der Waals surface area contributed by atoms with Crippen LogP contribution in [0.5, 0.6) is 0 Å². The van der Waals surface area contributed by atoms with Gasteiger partial charge in [-0.1, -0.05) is 12.1 Å². The van der Waals surface area contributed by atoms with E-state index < -0.39 is 0 Å². The first kappa shape index (κ1) is 11.3. The molecule has 1 aromatic carbocycles. The van der Waals surface area contributed by atoms with E-state index in [2.05, 4.69) is 5.32 Å². The van der Waals surface area contributed by atoms with Crippen molar-refractivity contribution in [3.05, 3.63) is 29.3 Å². The van der Waals surface area contributed by atoms with Gasteiger partial charge >= 0.3 is 0 Å². The van der Waals surface area contributed by atoms with E-state index >= 15 is 0 Å². The molecule has 3 N–H and O–H groups in total. The lowest BCUT2D eigenvalue weighted by Gasteiger charge is -2.13. The van der Waals surface area contributed by atoms with Gasteiger partial charge in [0.1, 0.15) is 0 Å². The first-order valence-electron chi connectivity index (χ1n) is 5.42. The number of nitrogens with two attached hydrogens (primary N) is 1. The maximum Gasteiger partial charge on any atom is 0.253 e. The highest BCUT2D eigenvalue weighted by molar-refractivity contribution is 7.99. The summed E-state index contributed by atoms with van der Waals surface area (Å²) in [4.78, 5) is 12.0. The van der Waals surface area contributed by atoms with E-state index in [1.807, 2.05) is 30.8 Å². The zero-order chi connectivity index (χ0) is 11.5. The first-order chi connectivity index (χ1) is 7.68. The minimum absolute atomic E-state index is 0.0475. The minimum atomic E-state index is -0.0475. The topological polar surface area (TPSA) is 55.1 Å². The van der Waals surface area contributed by atoms with Gasteiger partial charge in [0.15, 0.2) is 0 Å². The average molecular weight is 236 g/mol. The van der Waals surface area contributed by atoms with Crippen LogP contribution in [0.15, 0.2) is 18.2 Å². The van der Waals surface area contributed by atoms with Gasteiger partial charge in [0, 0.05) is 17.5 Å². The number of nitrogens with one attached hydrogen (secondary N) is 1. The Kier molecular flexibility index (Phi) is 3.39. The van der Waals surface area contributed by atoms with Crippen LogP contribution in [0.25, 0.3) is 0 Å². The lowest BCUT2D eigenvalue weighted by molar-refractivity contribution is 0.0942. The van der Waals surface area contributed by atoms with E-state index in [1.54, 1.807) is 6.07 Å². The fourth-order valence-corrected chi connectivity index (χ4v) is 2.94. The molecule has 0 radical (unpaired) electrons. The SMILES string of the molecule is Cc1cccc(C(=O)NC2CCSC2)c1N. The van der Waals surface area contributed by atoms with Crippen molar-refractivity contribution in [1.29, 1.82) is 0 Å². The van der Waals surface area contributed by atoms with Crippen molar-refractivity contribution in [2.45, 2.75) is 19.4 Å². The maximum atomic E-state index is 12.0. The number of carbonyl (C=O) groups is 1. The van der Waals surface area contributed by atoms with Crippen molar-refractivity contribution in [3.8, 4) is 0 Å². The Labute approximate surface area is 99.8 Å². The van der Waals surface area contributed by atoms with Gasteiger partial charge in [0.25, 0.3) is 5.91 Å². The molecule has 16 heavy (non-hydrogen) atoms. The quantitative estimate of drug-likeness (QED) is 0.770. The Morgan fingerprint density at radius 1 is 1.56 bits per heavy atom. The Hall–Kier alpha value is -1.16. The van der Waals surface area contributed by atoms with Crippen LogP contribution in [0.4, 0.5) is 5.69 Å². The molecule has 1 aromatic rings. The molecule has 1 amide bonds. The molecule has 1 aliphatic rings. The molecular weight excluding hydrogens is 220 g/mol. The molecule has 0 aliphatic carbocycles. The van der Waals surface area contributed by atoms with E-state index in [0.717, 1.165) is 23.5 Å². The number of thioether (sulfide) groups is 1. The van der Waals surface area contributed by atoms with Crippen LogP contribution in [0.3, 0.4) is 0 Å². The largest absolute Gasteiger partial charge is 0.398 e. The second kappa shape index (κ2) is 4.78. The monoisotopic (exact) mass is 236 g/mol. The third-order valence-corrected chi connectivity index (χ3v) is 4.00. The molecule has 1 atom stereocenters. The maximum absolute atomic E-state index is 12.0. The van der Waals surface area contributed by atoms with Crippen molar-refractivity contribution in [3.63, 3.8) is 0 Å². The fourth-order valence-electron chi connectivity index (χ4n) is 1.79. The van der Waals surface area contributed by atoms with Gasteiger partial charge in [-0.3, -0.25) is 4.79 Å². The summed E-state index contributed by atoms with van der Waals surface area (Å²) in [6.45, 7) is 1.91. The van der Waals surface area contributed by atoms with Gasteiger partial charge in [-0.2, -0.15) is 11.8 Å². The summed E-state index contributed by atoms with van der Waals surface area (Å²) in [5.41, 5.74) is 8.03. The van der Waals surface area contributed by atoms with Gasteiger partial charge in [-0.25, -0.2) is 0 Å². The number of aryl methyl sites for hydroxylation is 1. The number of amides is 1. The van der Waals surface area contributed by atoms with E-state index in [0.29, 0.717) is 17.3 Å². The number of hydrogen-bond donors (Lipinski definition) is 2. The minimum Gasteiger partial charge on any atom is -0.398 e. The predicted molar refractivity (Wildman–Crippen MR) is 68.8 cm³/mol. The third-order valence-electron chi connectivity index (χ3n) is 2.83. The molecule has 1 aliphatic heterocycles. The van der Waals surface area contributed by atoms with Crippen LogP contribution in [-0.4, -0.2) is 23.5 Å². The fraction of sp³-hybridized carbons (Fsp3) is 0.417. The van der Waals surface area contributed by atoms with Crippen molar-refractivity contribution >= 4 is 23.4 Å². The molecule has 1 unspecified atom stereocenters. The van der Waals surface area contributed by atoms with Gasteiger partial charge in [0.2, 0.25) is 0 Å². The lowest BCUT2D eigenvalue weighted by Crippen LogP contribution is -2.35. The summed E-state index contributed by atoms with van der Waals surface area (Å²) in [6.07, 6.45) is 1.06. The molecule has 0 bridgehead atoms. The number of carbonyl (C=O) groups excluding carboxylic acids is 1. The van der Waals surface area contributed by atoms with Gasteiger partial charge in [-0.05, 0) is 30.7 Å². The van der Waals surface area contributed by atoms with Crippen molar-refractivity contribution in [2.75, 3.05) is 17.2 Å². The van der Waals surface area contributed by atoms with Gasteiger partial charge in [-0.15, -0.1) is 0 Å². The summed E-state index contributed by atoms with van der Waals surface area (Å²) in [5.74, 6) is 2.10. The summed E-state index contributed by atoms with van der Waals surface area (Å²) in [6, 6.07) is 5.86. The molecule has 2 rings (SSSR count). The summed E-state index contributed by atoms with van der Waals surface area (Å²) < 4.78 is 0. The smallest absolute Gasteiger partial charge is 0.253 e. The second-order valence-electron chi connectivity index (χ2n) is 4.07. The molecular formula is C12H16N2OS. The van der Waals surface area contributed by atoms with Crippen LogP contribution in [0.2, 0.25) is 0 Å². The number of benzene rings is 1. The van der Waals surface area contributed by atoms with Crippen molar-refractivity contribution in [1.82, 2.24) is 5.32 Å². The Bertz CT molecular complexity index is 400. The normalized spacial score (nSPS) is 19.7. The van der Waals surface area contributed by atoms with Crippen molar-refractivity contribution < 1.29 is 4.79 Å². The molecule has 0 aromatic heterocycles. The number of nitrogen functional groups attached to an aromatic ring is 1. The summed E-state index contributed by atoms with van der Waals surface area (Å²) in [7, 11) is 0. The van der Waals surface area contributed by atoms with Crippen LogP contribution in [0, 0.1) is 6.92 Å². The molecule has 1 fully saturated rings. The Morgan fingerprint density at radius 3 is 3.06 bits per heavy atom. The zero-order valence-corrected chi connectivity index (χ0v) is 10.1.